The lowest BCUT2D eigenvalue weighted by Gasteiger charge is -2.47. The molecule has 1 unspecified atom stereocenters. The Morgan fingerprint density at radius 3 is 2.53 bits per heavy atom. The van der Waals surface area contributed by atoms with Crippen LogP contribution in [0, 0.1) is 13.8 Å². The third-order valence-electron chi connectivity index (χ3n) is 4.21. The van der Waals surface area contributed by atoms with Gasteiger partial charge in [0, 0.05) is 19.6 Å². The fourth-order valence-electron chi connectivity index (χ4n) is 2.90. The molecule has 1 fully saturated rings. The third-order valence-corrected chi connectivity index (χ3v) is 4.21. The second-order valence-corrected chi connectivity index (χ2v) is 5.75. The summed E-state index contributed by atoms with van der Waals surface area (Å²) >= 11 is 0. The number of rotatable bonds is 1. The molecule has 17 heavy (non-hydrogen) atoms. The van der Waals surface area contributed by atoms with E-state index in [1.807, 2.05) is 0 Å². The molecule has 2 rings (SSSR count). The lowest BCUT2D eigenvalue weighted by atomic mass is 9.84. The highest BCUT2D eigenvalue weighted by molar-refractivity contribution is 5.36. The van der Waals surface area contributed by atoms with Crippen LogP contribution < -0.4 is 0 Å². The van der Waals surface area contributed by atoms with E-state index in [2.05, 4.69) is 62.9 Å². The van der Waals surface area contributed by atoms with Crippen LogP contribution in [0.3, 0.4) is 0 Å². The summed E-state index contributed by atoms with van der Waals surface area (Å²) in [7, 11) is 4.46. The van der Waals surface area contributed by atoms with Gasteiger partial charge in [-0.15, -0.1) is 0 Å². The van der Waals surface area contributed by atoms with Crippen LogP contribution in [-0.4, -0.2) is 43.5 Å². The highest BCUT2D eigenvalue weighted by Gasteiger charge is 2.36. The lowest BCUT2D eigenvalue weighted by molar-refractivity contribution is 0.0375. The van der Waals surface area contributed by atoms with Gasteiger partial charge in [0.05, 0.1) is 5.54 Å². The molecular formula is C15H24N2. The molecule has 1 aromatic rings. The van der Waals surface area contributed by atoms with E-state index in [4.69, 9.17) is 0 Å². The summed E-state index contributed by atoms with van der Waals surface area (Å²) in [6, 6.07) is 6.80. The van der Waals surface area contributed by atoms with Crippen LogP contribution in [0.25, 0.3) is 0 Å². The second-order valence-electron chi connectivity index (χ2n) is 5.75. The van der Waals surface area contributed by atoms with Crippen molar-refractivity contribution in [2.75, 3.05) is 33.7 Å². The molecule has 1 aliphatic heterocycles. The maximum atomic E-state index is 2.49. The van der Waals surface area contributed by atoms with Crippen molar-refractivity contribution in [2.24, 2.45) is 0 Å². The highest BCUT2D eigenvalue weighted by atomic mass is 15.3. The Morgan fingerprint density at radius 1 is 1.12 bits per heavy atom. The third kappa shape index (κ3) is 2.24. The molecule has 0 spiro atoms. The first-order valence-corrected chi connectivity index (χ1v) is 6.41. The minimum Gasteiger partial charge on any atom is -0.303 e. The summed E-state index contributed by atoms with van der Waals surface area (Å²) in [4.78, 5) is 4.93. The highest BCUT2D eigenvalue weighted by Crippen LogP contribution is 2.33. The Balaban J connectivity index is 2.45. The predicted molar refractivity (Wildman–Crippen MR) is 73.4 cm³/mol. The molecular weight excluding hydrogens is 208 g/mol. The van der Waals surface area contributed by atoms with Gasteiger partial charge in [-0.3, -0.25) is 4.90 Å². The minimum atomic E-state index is 0.142. The number of piperazine rings is 1. The van der Waals surface area contributed by atoms with E-state index >= 15 is 0 Å². The van der Waals surface area contributed by atoms with Gasteiger partial charge >= 0.3 is 0 Å². The van der Waals surface area contributed by atoms with Crippen molar-refractivity contribution in [1.82, 2.24) is 9.80 Å². The predicted octanol–water partition coefficient (Wildman–Crippen LogP) is 2.40. The zero-order chi connectivity index (χ0) is 12.6. The first kappa shape index (κ1) is 12.6. The molecule has 1 aromatic carbocycles. The summed E-state index contributed by atoms with van der Waals surface area (Å²) in [5.41, 5.74) is 4.38. The van der Waals surface area contributed by atoms with E-state index in [9.17, 15) is 0 Å². The van der Waals surface area contributed by atoms with Gasteiger partial charge in [0.1, 0.15) is 0 Å². The molecule has 0 aliphatic carbocycles. The molecule has 0 amide bonds. The van der Waals surface area contributed by atoms with Gasteiger partial charge in [-0.25, -0.2) is 0 Å². The van der Waals surface area contributed by atoms with Crippen molar-refractivity contribution in [3.05, 3.63) is 34.9 Å². The molecule has 0 radical (unpaired) electrons. The quantitative estimate of drug-likeness (QED) is 0.733. The van der Waals surface area contributed by atoms with Crippen molar-refractivity contribution < 1.29 is 0 Å². The van der Waals surface area contributed by atoms with Crippen molar-refractivity contribution in [3.63, 3.8) is 0 Å². The summed E-state index contributed by atoms with van der Waals surface area (Å²) in [5.74, 6) is 0. The average molecular weight is 232 g/mol. The van der Waals surface area contributed by atoms with Crippen molar-refractivity contribution in [2.45, 2.75) is 26.3 Å². The zero-order valence-corrected chi connectivity index (χ0v) is 11.7. The molecule has 94 valence electrons. The maximum absolute atomic E-state index is 2.49. The average Bonchev–Trinajstić information content (AvgIpc) is 2.27. The molecule has 1 heterocycles. The van der Waals surface area contributed by atoms with Crippen LogP contribution in [0.5, 0.6) is 0 Å². The molecule has 0 aromatic heterocycles. The summed E-state index contributed by atoms with van der Waals surface area (Å²) in [6.45, 7) is 10.2. The minimum absolute atomic E-state index is 0.142. The van der Waals surface area contributed by atoms with Gasteiger partial charge in [-0.1, -0.05) is 23.8 Å². The first-order valence-electron chi connectivity index (χ1n) is 6.41. The van der Waals surface area contributed by atoms with Crippen LogP contribution in [0.1, 0.15) is 23.6 Å². The van der Waals surface area contributed by atoms with Crippen molar-refractivity contribution >= 4 is 0 Å². The standard InChI is InChI=1S/C15H24N2/c1-12-6-7-13(2)14(10-12)15(3)11-16(4)8-9-17(15)5/h6-7,10H,8-9,11H2,1-5H3. The van der Waals surface area contributed by atoms with Crippen molar-refractivity contribution in [3.8, 4) is 0 Å². The molecule has 1 aliphatic rings. The Hall–Kier alpha value is -0.860. The van der Waals surface area contributed by atoms with Crippen LogP contribution in [0.2, 0.25) is 0 Å². The molecule has 0 saturated carbocycles. The smallest absolute Gasteiger partial charge is 0.0560 e. The molecule has 2 heteroatoms. The monoisotopic (exact) mass is 232 g/mol. The van der Waals surface area contributed by atoms with Gasteiger partial charge in [0.25, 0.3) is 0 Å². The number of hydrogen-bond acceptors (Lipinski definition) is 2. The Kier molecular flexibility index (Phi) is 3.28. The molecule has 1 atom stereocenters. The van der Waals surface area contributed by atoms with Gasteiger partial charge in [-0.05, 0) is 46.0 Å². The van der Waals surface area contributed by atoms with E-state index in [0.29, 0.717) is 0 Å². The SMILES string of the molecule is Cc1ccc(C)c(C2(C)CN(C)CCN2C)c1. The molecule has 1 saturated heterocycles. The number of nitrogens with zero attached hydrogens (tertiary/aromatic N) is 2. The number of benzene rings is 1. The number of hydrogen-bond donors (Lipinski definition) is 0. The van der Waals surface area contributed by atoms with Gasteiger partial charge in [0.2, 0.25) is 0 Å². The molecule has 2 nitrogen and oxygen atoms in total. The molecule has 0 bridgehead atoms. The zero-order valence-electron chi connectivity index (χ0n) is 11.7. The lowest BCUT2D eigenvalue weighted by Crippen LogP contribution is -2.56. The maximum Gasteiger partial charge on any atom is 0.0560 e. The fraction of sp³-hybridized carbons (Fsp3) is 0.600. The summed E-state index contributed by atoms with van der Waals surface area (Å²) in [6.07, 6.45) is 0. The van der Waals surface area contributed by atoms with Crippen LogP contribution in [0.4, 0.5) is 0 Å². The molecule has 0 N–H and O–H groups in total. The van der Waals surface area contributed by atoms with E-state index in [1.54, 1.807) is 0 Å². The van der Waals surface area contributed by atoms with E-state index in [1.165, 1.54) is 16.7 Å². The largest absolute Gasteiger partial charge is 0.303 e. The van der Waals surface area contributed by atoms with Crippen LogP contribution in [-0.2, 0) is 5.54 Å². The van der Waals surface area contributed by atoms with Crippen LogP contribution >= 0.6 is 0 Å². The van der Waals surface area contributed by atoms with Gasteiger partial charge in [0.15, 0.2) is 0 Å². The Bertz CT molecular complexity index is 413. The summed E-state index contributed by atoms with van der Waals surface area (Å²) < 4.78 is 0. The number of aryl methyl sites for hydroxylation is 2. The van der Waals surface area contributed by atoms with Gasteiger partial charge in [-0.2, -0.15) is 0 Å². The Morgan fingerprint density at radius 2 is 1.82 bits per heavy atom. The topological polar surface area (TPSA) is 6.48 Å². The van der Waals surface area contributed by atoms with Crippen LogP contribution in [0.15, 0.2) is 18.2 Å². The van der Waals surface area contributed by atoms with Gasteiger partial charge < -0.3 is 4.90 Å². The van der Waals surface area contributed by atoms with E-state index in [0.717, 1.165) is 19.6 Å². The first-order chi connectivity index (χ1) is 7.93. The van der Waals surface area contributed by atoms with E-state index < -0.39 is 0 Å². The van der Waals surface area contributed by atoms with Crippen molar-refractivity contribution in [1.29, 1.82) is 0 Å². The normalized spacial score (nSPS) is 27.4. The van der Waals surface area contributed by atoms with E-state index in [-0.39, 0.29) is 5.54 Å². The summed E-state index contributed by atoms with van der Waals surface area (Å²) in [5, 5.41) is 0. The fourth-order valence-corrected chi connectivity index (χ4v) is 2.90. The second kappa shape index (κ2) is 4.43. The Labute approximate surface area is 105 Å². The number of likely N-dealkylation sites (N-methyl/N-ethyl adjacent to an activating group) is 2.